The van der Waals surface area contributed by atoms with Crippen LogP contribution in [-0.4, -0.2) is 34.1 Å². The molecule has 0 aromatic heterocycles. The van der Waals surface area contributed by atoms with Gasteiger partial charge in [0.2, 0.25) is 0 Å². The van der Waals surface area contributed by atoms with Crippen molar-refractivity contribution in [3.05, 3.63) is 0 Å². The minimum atomic E-state index is -0.833. The van der Waals surface area contributed by atoms with Crippen molar-refractivity contribution in [2.24, 2.45) is 0 Å². The summed E-state index contributed by atoms with van der Waals surface area (Å²) in [5.74, 6) is -0.833. The molecule has 0 saturated carbocycles. The Kier molecular flexibility index (Phi) is 35.7. The van der Waals surface area contributed by atoms with Crippen molar-refractivity contribution in [1.29, 1.82) is 0 Å². The Labute approximate surface area is 82.3 Å². The molecule has 7 heavy (non-hydrogen) atoms. The molecule has 37 valence electrons. The molecule has 0 unspecified atom stereocenters. The first-order valence-electron chi connectivity index (χ1n) is 1.15. The predicted molar refractivity (Wildman–Crippen MR) is 21.9 cm³/mol. The van der Waals surface area contributed by atoms with Gasteiger partial charge in [0.1, 0.15) is 0 Å². The van der Waals surface area contributed by atoms with Crippen LogP contribution >= 0.6 is 0 Å². The van der Waals surface area contributed by atoms with Gasteiger partial charge in [-0.05, 0) is 0 Å². The van der Waals surface area contributed by atoms with E-state index in [1.54, 1.807) is 21.0 Å². The van der Waals surface area contributed by atoms with Crippen LogP contribution in [0, 0.1) is 0 Å². The van der Waals surface area contributed by atoms with E-state index in [-0.39, 0.29) is 23.1 Å². The summed E-state index contributed by atoms with van der Waals surface area (Å²) in [6, 6.07) is 0. The molecule has 0 rings (SSSR count). The summed E-state index contributed by atoms with van der Waals surface area (Å²) in [4.78, 5) is 9.00. The van der Waals surface area contributed by atoms with Crippen molar-refractivity contribution in [2.45, 2.75) is 6.92 Å². The third kappa shape index (κ3) is 78.0. The number of aliphatic carboxylic acids is 1. The zero-order valence-electron chi connectivity index (χ0n) is 3.30. The molecular formula is C2H6MgO2TaZr. The van der Waals surface area contributed by atoms with E-state index in [0.29, 0.717) is 0 Å². The van der Waals surface area contributed by atoms with Crippen molar-refractivity contribution >= 4 is 29.0 Å². The van der Waals surface area contributed by atoms with Crippen LogP contribution in [0.4, 0.5) is 0 Å². The summed E-state index contributed by atoms with van der Waals surface area (Å²) >= 11 is 3.20. The monoisotopic (exact) mass is 357 g/mol. The minimum absolute atomic E-state index is 0. The van der Waals surface area contributed by atoms with E-state index in [2.05, 4.69) is 0 Å². The van der Waals surface area contributed by atoms with Gasteiger partial charge in [0.25, 0.3) is 5.97 Å². The van der Waals surface area contributed by atoms with E-state index in [1.165, 1.54) is 16.7 Å². The van der Waals surface area contributed by atoms with Crippen molar-refractivity contribution in [3.63, 3.8) is 0 Å². The van der Waals surface area contributed by atoms with Crippen molar-refractivity contribution < 1.29 is 47.6 Å². The third-order valence-corrected chi connectivity index (χ3v) is 0. The number of rotatable bonds is 0. The molecule has 1 N–H and O–H groups in total. The average Bonchev–Trinajstić information content (AvgIpc) is 1.41. The van der Waals surface area contributed by atoms with Crippen molar-refractivity contribution in [2.75, 3.05) is 0 Å². The Morgan fingerprint density at radius 3 is 1.71 bits per heavy atom. The molecule has 0 radical (unpaired) electrons. The Bertz CT molecular complexity index is 38.7. The van der Waals surface area contributed by atoms with E-state index in [0.717, 1.165) is 6.92 Å². The van der Waals surface area contributed by atoms with Gasteiger partial charge in [-0.25, -0.2) is 0 Å². The fraction of sp³-hybridized carbons (Fsp3) is 0.500. The Morgan fingerprint density at radius 1 is 1.71 bits per heavy atom. The molecule has 0 aliphatic heterocycles. The number of hydrogen-bond acceptors (Lipinski definition) is 1. The normalized spacial score (nSPS) is 4.00. The number of carboxylic acids is 1. The molecule has 0 atom stereocenters. The van der Waals surface area contributed by atoms with E-state index < -0.39 is 5.97 Å². The van der Waals surface area contributed by atoms with Gasteiger partial charge in [-0.2, -0.15) is 0 Å². The second kappa shape index (κ2) is 15.7. The maximum absolute atomic E-state index is 9.00. The summed E-state index contributed by atoms with van der Waals surface area (Å²) in [5, 5.41) is 7.42. The molecule has 0 saturated heterocycles. The summed E-state index contributed by atoms with van der Waals surface area (Å²) in [7, 11) is 0. The van der Waals surface area contributed by atoms with Crippen molar-refractivity contribution in [3.8, 4) is 0 Å². The molecule has 0 aliphatic carbocycles. The SMILES string of the molecule is CC(=O)O.[MgH2].[Zr][Ta]. The van der Waals surface area contributed by atoms with Crippen LogP contribution in [0.3, 0.4) is 0 Å². The summed E-state index contributed by atoms with van der Waals surface area (Å²) in [6.07, 6.45) is 0. The molecule has 0 aliphatic rings. The van der Waals surface area contributed by atoms with Crippen LogP contribution in [0.1, 0.15) is 6.92 Å². The Balaban J connectivity index is -0.0000000480. The summed E-state index contributed by atoms with van der Waals surface area (Å²) in [5.41, 5.74) is 0. The van der Waals surface area contributed by atoms with Gasteiger partial charge in [0, 0.05) is 6.92 Å². The number of hydrogen-bond donors (Lipinski definition) is 1. The molecule has 0 aromatic rings. The van der Waals surface area contributed by atoms with Crippen LogP contribution in [0.5, 0.6) is 0 Å². The molecule has 0 bridgehead atoms. The van der Waals surface area contributed by atoms with E-state index in [4.69, 9.17) is 9.90 Å². The van der Waals surface area contributed by atoms with Crippen LogP contribution in [0.15, 0.2) is 0 Å². The van der Waals surface area contributed by atoms with Gasteiger partial charge >= 0.3 is 60.7 Å². The van der Waals surface area contributed by atoms with E-state index >= 15 is 0 Å². The number of carboxylic acid groups (broad SMARTS) is 1. The van der Waals surface area contributed by atoms with Gasteiger partial charge in [-0.15, -0.1) is 0 Å². The van der Waals surface area contributed by atoms with Crippen LogP contribution in [0.25, 0.3) is 0 Å². The first-order valence-corrected chi connectivity index (χ1v) is 11.8. The van der Waals surface area contributed by atoms with E-state index in [9.17, 15) is 0 Å². The van der Waals surface area contributed by atoms with Gasteiger partial charge in [0.05, 0.1) is 0 Å². The van der Waals surface area contributed by atoms with Crippen molar-refractivity contribution in [1.82, 2.24) is 0 Å². The first-order chi connectivity index (χ1) is 2.73. The molecule has 2 nitrogen and oxygen atoms in total. The second-order valence-electron chi connectivity index (χ2n) is 0.519. The van der Waals surface area contributed by atoms with Gasteiger partial charge < -0.3 is 5.11 Å². The summed E-state index contributed by atoms with van der Waals surface area (Å²) in [6.45, 7) is 1.08. The zero-order valence-corrected chi connectivity index (χ0v) is 8.97. The Hall–Kier alpha value is 1.86. The zero-order chi connectivity index (χ0) is 5.58. The fourth-order valence-corrected chi connectivity index (χ4v) is 0. The van der Waals surface area contributed by atoms with Gasteiger partial charge in [-0.1, -0.05) is 0 Å². The number of carbonyl (C=O) groups is 1. The maximum atomic E-state index is 9.00. The van der Waals surface area contributed by atoms with Gasteiger partial charge in [-0.3, -0.25) is 4.79 Å². The van der Waals surface area contributed by atoms with Crippen LogP contribution in [-0.2, 0) is 42.5 Å². The van der Waals surface area contributed by atoms with E-state index in [1.807, 2.05) is 0 Å². The molecule has 0 spiro atoms. The third-order valence-electron chi connectivity index (χ3n) is 0. The summed E-state index contributed by atoms with van der Waals surface area (Å²) < 4.78 is 0. The first kappa shape index (κ1) is 15.9. The topological polar surface area (TPSA) is 37.3 Å². The predicted octanol–water partition coefficient (Wildman–Crippen LogP) is -0.830. The molecule has 0 heterocycles. The second-order valence-corrected chi connectivity index (χ2v) is 0.519. The molecule has 0 amide bonds. The fourth-order valence-electron chi connectivity index (χ4n) is 0. The van der Waals surface area contributed by atoms with Crippen LogP contribution < -0.4 is 0 Å². The quantitative estimate of drug-likeness (QED) is 0.574. The molecule has 0 fully saturated rings. The Morgan fingerprint density at radius 2 is 1.71 bits per heavy atom. The standard InChI is InChI=1S/C2H4O2.Mg.Ta.Zr.2H/c1-2(3)4;;;;;/h1H3,(H,3,4);;;;;. The van der Waals surface area contributed by atoms with Gasteiger partial charge in [0.15, 0.2) is 0 Å². The van der Waals surface area contributed by atoms with Crippen LogP contribution in [0.2, 0.25) is 0 Å². The molecule has 0 aromatic carbocycles. The molecular weight excluding hydrogens is 352 g/mol. The average molecular weight is 359 g/mol. The molecule has 5 heteroatoms.